The number of aliphatic carboxylic acids is 1. The molecule has 2 N–H and O–H groups in total. The van der Waals surface area contributed by atoms with Crippen molar-refractivity contribution in [3.63, 3.8) is 0 Å². The molecular formula is C26H33ClN2O3. The van der Waals surface area contributed by atoms with Gasteiger partial charge < -0.3 is 15.2 Å². The van der Waals surface area contributed by atoms with Crippen molar-refractivity contribution in [3.8, 4) is 5.75 Å². The standard InChI is InChI=1S/C26H33ClN2O3/c1-29(2)26(20-6-4-3-5-7-20)12-10-18(11-13-26)14-19-15-21(8-9-23(19)27)32-22-16-24(25(30)31)28-17-22/h3-9,15,18,22,24,28H,10-14,16-17H2,1-2H3,(H,30,31)/t18?,22-,24-,26?/m0/s1. The first-order chi connectivity index (χ1) is 15.4. The van der Waals surface area contributed by atoms with E-state index in [0.29, 0.717) is 18.9 Å². The molecule has 2 aromatic rings. The summed E-state index contributed by atoms with van der Waals surface area (Å²) in [6, 6.07) is 16.2. The highest BCUT2D eigenvalue weighted by molar-refractivity contribution is 6.31. The van der Waals surface area contributed by atoms with Crippen LogP contribution in [0.5, 0.6) is 5.75 Å². The molecule has 6 heteroatoms. The predicted octanol–water partition coefficient (Wildman–Crippen LogP) is 4.72. The number of carboxylic acids is 1. The van der Waals surface area contributed by atoms with Crippen LogP contribution in [0.15, 0.2) is 48.5 Å². The smallest absolute Gasteiger partial charge is 0.320 e. The Morgan fingerprint density at radius 2 is 1.91 bits per heavy atom. The highest BCUT2D eigenvalue weighted by Gasteiger charge is 2.38. The van der Waals surface area contributed by atoms with Crippen LogP contribution in [-0.4, -0.2) is 48.8 Å². The maximum atomic E-state index is 11.2. The third-order valence-electron chi connectivity index (χ3n) is 7.32. The lowest BCUT2D eigenvalue weighted by atomic mass is 9.70. The van der Waals surface area contributed by atoms with E-state index in [9.17, 15) is 4.79 Å². The van der Waals surface area contributed by atoms with Gasteiger partial charge in [0.1, 0.15) is 17.9 Å². The van der Waals surface area contributed by atoms with Gasteiger partial charge in [0.05, 0.1) is 0 Å². The van der Waals surface area contributed by atoms with Crippen molar-refractivity contribution in [1.82, 2.24) is 10.2 Å². The van der Waals surface area contributed by atoms with Crippen molar-refractivity contribution >= 4 is 17.6 Å². The van der Waals surface area contributed by atoms with E-state index in [1.54, 1.807) is 0 Å². The van der Waals surface area contributed by atoms with Gasteiger partial charge in [-0.25, -0.2) is 0 Å². The summed E-state index contributed by atoms with van der Waals surface area (Å²) in [6.07, 6.45) is 5.85. The number of benzene rings is 2. The Kier molecular flexibility index (Phi) is 7.08. The maximum Gasteiger partial charge on any atom is 0.320 e. The third-order valence-corrected chi connectivity index (χ3v) is 7.69. The number of rotatable bonds is 7. The lowest BCUT2D eigenvalue weighted by Gasteiger charge is -2.45. The van der Waals surface area contributed by atoms with Crippen molar-refractivity contribution in [2.75, 3.05) is 20.6 Å². The molecule has 5 nitrogen and oxygen atoms in total. The van der Waals surface area contributed by atoms with Gasteiger partial charge in [-0.3, -0.25) is 9.69 Å². The van der Waals surface area contributed by atoms with Crippen LogP contribution in [0.4, 0.5) is 0 Å². The Labute approximate surface area is 195 Å². The van der Waals surface area contributed by atoms with E-state index in [2.05, 4.69) is 54.6 Å². The molecule has 32 heavy (non-hydrogen) atoms. The molecule has 1 saturated heterocycles. The summed E-state index contributed by atoms with van der Waals surface area (Å²) in [4.78, 5) is 13.5. The van der Waals surface area contributed by atoms with Crippen LogP contribution in [0.1, 0.15) is 43.2 Å². The van der Waals surface area contributed by atoms with Crippen LogP contribution in [0.25, 0.3) is 0 Å². The van der Waals surface area contributed by atoms with Crippen LogP contribution >= 0.6 is 11.6 Å². The predicted molar refractivity (Wildman–Crippen MR) is 127 cm³/mol. The fourth-order valence-electron chi connectivity index (χ4n) is 5.37. The average Bonchev–Trinajstić information content (AvgIpc) is 3.26. The average molecular weight is 457 g/mol. The lowest BCUT2D eigenvalue weighted by molar-refractivity contribution is -0.139. The molecular weight excluding hydrogens is 424 g/mol. The van der Waals surface area contributed by atoms with E-state index in [-0.39, 0.29) is 11.6 Å². The first-order valence-electron chi connectivity index (χ1n) is 11.5. The Balaban J connectivity index is 1.40. The van der Waals surface area contributed by atoms with Gasteiger partial charge in [0, 0.05) is 23.5 Å². The van der Waals surface area contributed by atoms with E-state index in [0.717, 1.165) is 48.4 Å². The van der Waals surface area contributed by atoms with Crippen molar-refractivity contribution < 1.29 is 14.6 Å². The van der Waals surface area contributed by atoms with E-state index >= 15 is 0 Å². The number of carbonyl (C=O) groups is 1. The second-order valence-corrected chi connectivity index (χ2v) is 9.87. The Hall–Kier alpha value is -2.08. The summed E-state index contributed by atoms with van der Waals surface area (Å²) in [6.45, 7) is 0.545. The van der Waals surface area contributed by atoms with Crippen LogP contribution in [0.2, 0.25) is 5.02 Å². The summed E-state index contributed by atoms with van der Waals surface area (Å²) < 4.78 is 6.07. The molecule has 172 valence electrons. The van der Waals surface area contributed by atoms with Crippen LogP contribution < -0.4 is 10.1 Å². The van der Waals surface area contributed by atoms with E-state index < -0.39 is 12.0 Å². The minimum atomic E-state index is -0.825. The first kappa shape index (κ1) is 23.1. The fraction of sp³-hybridized carbons (Fsp3) is 0.500. The summed E-state index contributed by atoms with van der Waals surface area (Å²) in [5.41, 5.74) is 2.62. The summed E-state index contributed by atoms with van der Waals surface area (Å²) >= 11 is 6.55. The van der Waals surface area contributed by atoms with Crippen molar-refractivity contribution in [2.45, 2.75) is 56.2 Å². The molecule has 4 rings (SSSR count). The Bertz CT molecular complexity index is 926. The highest BCUT2D eigenvalue weighted by atomic mass is 35.5. The van der Waals surface area contributed by atoms with Gasteiger partial charge in [0.25, 0.3) is 0 Å². The molecule has 0 unspecified atom stereocenters. The monoisotopic (exact) mass is 456 g/mol. The van der Waals surface area contributed by atoms with E-state index in [1.807, 2.05) is 18.2 Å². The molecule has 0 bridgehead atoms. The highest BCUT2D eigenvalue weighted by Crippen LogP contribution is 2.44. The number of ether oxygens (including phenoxy) is 1. The molecule has 1 heterocycles. The molecule has 0 aromatic heterocycles. The molecule has 0 radical (unpaired) electrons. The number of carboxylic acid groups (broad SMARTS) is 1. The van der Waals surface area contributed by atoms with Crippen molar-refractivity contribution in [2.24, 2.45) is 5.92 Å². The molecule has 1 saturated carbocycles. The number of hydrogen-bond acceptors (Lipinski definition) is 4. The quantitative estimate of drug-likeness (QED) is 0.631. The largest absolute Gasteiger partial charge is 0.489 e. The summed E-state index contributed by atoms with van der Waals surface area (Å²) in [5.74, 6) is 0.531. The maximum absolute atomic E-state index is 11.2. The molecule has 2 aliphatic rings. The van der Waals surface area contributed by atoms with Crippen molar-refractivity contribution in [3.05, 3.63) is 64.7 Å². The zero-order valence-corrected chi connectivity index (χ0v) is 19.6. The lowest BCUT2D eigenvalue weighted by Crippen LogP contribution is -2.44. The SMILES string of the molecule is CN(C)C1(c2ccccc2)CCC(Cc2cc(O[C@@H]3CN[C@H](C(=O)O)C3)ccc2Cl)CC1. The second kappa shape index (κ2) is 9.82. The van der Waals surface area contributed by atoms with E-state index in [1.165, 1.54) is 5.56 Å². The van der Waals surface area contributed by atoms with Gasteiger partial charge >= 0.3 is 5.97 Å². The fourth-order valence-corrected chi connectivity index (χ4v) is 5.56. The van der Waals surface area contributed by atoms with Gasteiger partial charge in [-0.15, -0.1) is 0 Å². The first-order valence-corrected chi connectivity index (χ1v) is 11.9. The van der Waals surface area contributed by atoms with Gasteiger partial charge in [0.15, 0.2) is 0 Å². The minimum absolute atomic E-state index is 0.0999. The molecule has 2 atom stereocenters. The molecule has 2 aromatic carbocycles. The molecule has 0 spiro atoms. The van der Waals surface area contributed by atoms with Crippen LogP contribution in [0.3, 0.4) is 0 Å². The molecule has 2 fully saturated rings. The zero-order chi connectivity index (χ0) is 22.7. The minimum Gasteiger partial charge on any atom is -0.489 e. The normalized spacial score (nSPS) is 28.1. The zero-order valence-electron chi connectivity index (χ0n) is 18.9. The summed E-state index contributed by atoms with van der Waals surface area (Å²) in [7, 11) is 4.38. The Morgan fingerprint density at radius 3 is 2.53 bits per heavy atom. The second-order valence-electron chi connectivity index (χ2n) is 9.47. The van der Waals surface area contributed by atoms with Gasteiger partial charge in [-0.05, 0) is 81.4 Å². The Morgan fingerprint density at radius 1 is 1.19 bits per heavy atom. The number of hydrogen-bond donors (Lipinski definition) is 2. The third kappa shape index (κ3) is 4.95. The van der Waals surface area contributed by atoms with E-state index in [4.69, 9.17) is 21.4 Å². The number of nitrogens with zero attached hydrogens (tertiary/aromatic N) is 1. The number of halogens is 1. The number of nitrogens with one attached hydrogen (secondary N) is 1. The van der Waals surface area contributed by atoms with Crippen LogP contribution in [-0.2, 0) is 16.8 Å². The molecule has 0 amide bonds. The molecule has 1 aliphatic heterocycles. The van der Waals surface area contributed by atoms with Gasteiger partial charge in [-0.1, -0.05) is 41.9 Å². The molecule has 1 aliphatic carbocycles. The van der Waals surface area contributed by atoms with Gasteiger partial charge in [-0.2, -0.15) is 0 Å². The van der Waals surface area contributed by atoms with Gasteiger partial charge in [0.2, 0.25) is 0 Å². The topological polar surface area (TPSA) is 61.8 Å². The summed E-state index contributed by atoms with van der Waals surface area (Å²) in [5, 5.41) is 12.9. The van der Waals surface area contributed by atoms with Crippen LogP contribution in [0, 0.1) is 5.92 Å². The van der Waals surface area contributed by atoms with Crippen molar-refractivity contribution in [1.29, 1.82) is 0 Å².